The molecule has 0 aliphatic carbocycles. The molecule has 0 saturated carbocycles. The van der Waals surface area contributed by atoms with Crippen LogP contribution >= 0.6 is 0 Å². The molecule has 1 heterocycles. The van der Waals surface area contributed by atoms with Gasteiger partial charge in [-0.15, -0.1) is 0 Å². The Morgan fingerprint density at radius 2 is 1.51 bits per heavy atom. The molecule has 0 unspecified atom stereocenters. The fourth-order valence-corrected chi connectivity index (χ4v) is 4.62. The summed E-state index contributed by atoms with van der Waals surface area (Å²) in [4.78, 5) is 13.1. The first-order chi connectivity index (χ1) is 17.9. The molecule has 6 nitrogen and oxygen atoms in total. The number of nitrogens with one attached hydrogen (secondary N) is 1. The van der Waals surface area contributed by atoms with Gasteiger partial charge in [-0.25, -0.2) is 0 Å². The molecule has 1 aromatic heterocycles. The molecule has 0 saturated heterocycles. The fourth-order valence-electron chi connectivity index (χ4n) is 4.62. The van der Waals surface area contributed by atoms with E-state index in [-0.39, 0.29) is 11.8 Å². The number of ether oxygens (including phenoxy) is 3. The average molecular weight is 501 g/mol. The van der Waals surface area contributed by atoms with Crippen molar-refractivity contribution < 1.29 is 19.0 Å². The maximum absolute atomic E-state index is 13.1. The largest absolute Gasteiger partial charge is 0.497 e. The zero-order chi connectivity index (χ0) is 26.4. The van der Waals surface area contributed by atoms with Crippen molar-refractivity contribution in [2.75, 3.05) is 27.9 Å². The first-order valence-electron chi connectivity index (χ1n) is 12.6. The van der Waals surface area contributed by atoms with E-state index >= 15 is 0 Å². The van der Waals surface area contributed by atoms with Crippen LogP contribution in [0.1, 0.15) is 42.9 Å². The highest BCUT2D eigenvalue weighted by Crippen LogP contribution is 2.38. The molecule has 0 aliphatic rings. The lowest BCUT2D eigenvalue weighted by Crippen LogP contribution is -2.28. The summed E-state index contributed by atoms with van der Waals surface area (Å²) in [5.41, 5.74) is 4.36. The van der Waals surface area contributed by atoms with E-state index in [1.165, 1.54) is 5.56 Å². The summed E-state index contributed by atoms with van der Waals surface area (Å²) >= 11 is 0. The van der Waals surface area contributed by atoms with E-state index in [0.29, 0.717) is 36.9 Å². The average Bonchev–Trinajstić information content (AvgIpc) is 3.28. The van der Waals surface area contributed by atoms with Crippen molar-refractivity contribution in [2.45, 2.75) is 32.7 Å². The second-order valence-corrected chi connectivity index (χ2v) is 9.68. The topological polar surface area (TPSA) is 61.7 Å². The summed E-state index contributed by atoms with van der Waals surface area (Å²) < 4.78 is 18.7. The third kappa shape index (κ3) is 6.26. The summed E-state index contributed by atoms with van der Waals surface area (Å²) in [7, 11) is 4.96. The van der Waals surface area contributed by atoms with Crippen molar-refractivity contribution in [1.29, 1.82) is 0 Å². The lowest BCUT2D eigenvalue weighted by atomic mass is 9.87. The molecule has 4 aromatic rings. The maximum atomic E-state index is 13.1. The van der Waals surface area contributed by atoms with E-state index in [2.05, 4.69) is 60.3 Å². The number of para-hydroxylation sites is 1. The molecule has 6 heteroatoms. The first kappa shape index (κ1) is 26.1. The molecule has 0 bridgehead atoms. The number of aromatic nitrogens is 1. The van der Waals surface area contributed by atoms with Gasteiger partial charge in [0.25, 0.3) is 0 Å². The summed E-state index contributed by atoms with van der Waals surface area (Å²) in [5.74, 6) is 2.45. The molecule has 1 amide bonds. The van der Waals surface area contributed by atoms with Crippen molar-refractivity contribution >= 4 is 16.8 Å². The Bertz CT molecular complexity index is 1320. The molecule has 0 aliphatic heterocycles. The molecule has 1 atom stereocenters. The molecular formula is C31H36N2O4. The van der Waals surface area contributed by atoms with Crippen LogP contribution < -0.4 is 19.5 Å². The number of hydrogen-bond donors (Lipinski definition) is 1. The predicted molar refractivity (Wildman–Crippen MR) is 148 cm³/mol. The highest BCUT2D eigenvalue weighted by Gasteiger charge is 2.24. The normalized spacial score (nSPS) is 11.9. The minimum Gasteiger partial charge on any atom is -0.497 e. The van der Waals surface area contributed by atoms with Crippen LogP contribution in [0.15, 0.2) is 72.9 Å². The highest BCUT2D eigenvalue weighted by molar-refractivity contribution is 5.87. The number of hydrogen-bond acceptors (Lipinski definition) is 4. The van der Waals surface area contributed by atoms with Crippen molar-refractivity contribution in [3.05, 3.63) is 89.6 Å². The van der Waals surface area contributed by atoms with E-state index in [1.807, 2.05) is 36.4 Å². The highest BCUT2D eigenvalue weighted by atomic mass is 16.5. The smallest absolute Gasteiger partial charge is 0.220 e. The zero-order valence-corrected chi connectivity index (χ0v) is 22.3. The van der Waals surface area contributed by atoms with E-state index in [9.17, 15) is 4.79 Å². The zero-order valence-electron chi connectivity index (χ0n) is 22.3. The molecule has 0 spiro atoms. The fraction of sp³-hybridized carbons (Fsp3) is 0.323. The second-order valence-electron chi connectivity index (χ2n) is 9.68. The Morgan fingerprint density at radius 3 is 2.14 bits per heavy atom. The van der Waals surface area contributed by atoms with Gasteiger partial charge in [0, 0.05) is 48.6 Å². The number of carbonyl (C=O) groups is 1. The van der Waals surface area contributed by atoms with Crippen LogP contribution in [-0.4, -0.2) is 38.3 Å². The maximum Gasteiger partial charge on any atom is 0.220 e. The minimum absolute atomic E-state index is 0.0208. The molecule has 4 rings (SSSR count). The van der Waals surface area contributed by atoms with Crippen LogP contribution in [0.4, 0.5) is 0 Å². The van der Waals surface area contributed by atoms with Gasteiger partial charge in [0.1, 0.15) is 17.2 Å². The summed E-state index contributed by atoms with van der Waals surface area (Å²) in [6, 6.07) is 22.3. The number of benzene rings is 3. The van der Waals surface area contributed by atoms with Gasteiger partial charge in [-0.3, -0.25) is 4.79 Å². The molecule has 3 aromatic carbocycles. The lowest BCUT2D eigenvalue weighted by Gasteiger charge is -2.19. The SMILES string of the molecule is COc1ccc(Cn2cc([C@@H](CC(=O)NCC(C)C)c3cc(OC)cc(OC)c3)c3ccccc32)cc1. The summed E-state index contributed by atoms with van der Waals surface area (Å²) in [5, 5.41) is 4.22. The molecular weight excluding hydrogens is 464 g/mol. The van der Waals surface area contributed by atoms with Gasteiger partial charge in [0.05, 0.1) is 21.3 Å². The van der Waals surface area contributed by atoms with Gasteiger partial charge in [-0.1, -0.05) is 44.2 Å². The molecule has 0 radical (unpaired) electrons. The van der Waals surface area contributed by atoms with Crippen LogP contribution in [0.2, 0.25) is 0 Å². The number of carbonyl (C=O) groups excluding carboxylic acids is 1. The Labute approximate surface area is 219 Å². The van der Waals surface area contributed by atoms with Gasteiger partial charge >= 0.3 is 0 Å². The number of nitrogens with zero attached hydrogens (tertiary/aromatic N) is 1. The standard InChI is InChI=1S/C31H36N2O4/c1-21(2)18-32-31(34)17-28(23-14-25(36-4)16-26(15-23)37-5)29-20-33(30-9-7-6-8-27(29)30)19-22-10-12-24(35-3)13-11-22/h6-16,20-21,28H,17-19H2,1-5H3,(H,32,34)/t28-/m0/s1. The minimum atomic E-state index is -0.182. The number of fused-ring (bicyclic) bond motifs is 1. The Morgan fingerprint density at radius 1 is 0.865 bits per heavy atom. The van der Waals surface area contributed by atoms with E-state index < -0.39 is 0 Å². The summed E-state index contributed by atoms with van der Waals surface area (Å²) in [6.07, 6.45) is 2.50. The van der Waals surface area contributed by atoms with Gasteiger partial charge in [0.2, 0.25) is 5.91 Å². The Hall–Kier alpha value is -3.93. The Balaban J connectivity index is 1.79. The van der Waals surface area contributed by atoms with Crippen LogP contribution in [0.3, 0.4) is 0 Å². The number of methoxy groups -OCH3 is 3. The van der Waals surface area contributed by atoms with Crippen molar-refractivity contribution in [1.82, 2.24) is 9.88 Å². The first-order valence-corrected chi connectivity index (χ1v) is 12.6. The van der Waals surface area contributed by atoms with Crippen molar-refractivity contribution in [3.63, 3.8) is 0 Å². The molecule has 1 N–H and O–H groups in total. The number of amides is 1. The van der Waals surface area contributed by atoms with E-state index in [0.717, 1.165) is 27.8 Å². The molecule has 0 fully saturated rings. The third-order valence-electron chi connectivity index (χ3n) is 6.58. The quantitative estimate of drug-likeness (QED) is 0.274. The van der Waals surface area contributed by atoms with Crippen molar-refractivity contribution in [3.8, 4) is 17.2 Å². The van der Waals surface area contributed by atoms with Gasteiger partial charge < -0.3 is 24.1 Å². The van der Waals surface area contributed by atoms with Gasteiger partial charge in [0.15, 0.2) is 0 Å². The monoisotopic (exact) mass is 500 g/mol. The Kier molecular flexibility index (Phi) is 8.39. The number of rotatable bonds is 11. The van der Waals surface area contributed by atoms with Crippen LogP contribution in [0.5, 0.6) is 17.2 Å². The van der Waals surface area contributed by atoms with Crippen LogP contribution in [-0.2, 0) is 11.3 Å². The summed E-state index contributed by atoms with van der Waals surface area (Å²) in [6.45, 7) is 5.54. The van der Waals surface area contributed by atoms with E-state index in [1.54, 1.807) is 21.3 Å². The lowest BCUT2D eigenvalue weighted by molar-refractivity contribution is -0.121. The van der Waals surface area contributed by atoms with Crippen LogP contribution in [0, 0.1) is 5.92 Å². The van der Waals surface area contributed by atoms with E-state index in [4.69, 9.17) is 14.2 Å². The second kappa shape index (κ2) is 11.9. The van der Waals surface area contributed by atoms with Gasteiger partial charge in [-0.2, -0.15) is 0 Å². The van der Waals surface area contributed by atoms with Gasteiger partial charge in [-0.05, 0) is 52.9 Å². The predicted octanol–water partition coefficient (Wildman–Crippen LogP) is 6.01. The third-order valence-corrected chi connectivity index (χ3v) is 6.58. The molecule has 194 valence electrons. The molecule has 37 heavy (non-hydrogen) atoms. The van der Waals surface area contributed by atoms with Crippen molar-refractivity contribution in [2.24, 2.45) is 5.92 Å². The van der Waals surface area contributed by atoms with Crippen LogP contribution in [0.25, 0.3) is 10.9 Å².